The van der Waals surface area contributed by atoms with Crippen LogP contribution < -0.4 is 0 Å². The number of hydrogen-bond donors (Lipinski definition) is 0. The number of carbonyl (C=O) groups excluding carboxylic acids is 1. The number of esters is 1. The Balaban J connectivity index is 2.47. The zero-order valence-corrected chi connectivity index (χ0v) is 11.8. The number of imidazole rings is 1. The summed E-state index contributed by atoms with van der Waals surface area (Å²) in [7, 11) is 0. The van der Waals surface area contributed by atoms with Crippen molar-refractivity contribution in [3.63, 3.8) is 0 Å². The molecule has 1 heterocycles. The van der Waals surface area contributed by atoms with E-state index in [0.29, 0.717) is 11.3 Å². The third kappa shape index (κ3) is 3.29. The number of benzene rings is 1. The molecule has 1 aromatic carbocycles. The zero-order chi connectivity index (χ0) is 15.6. The molecule has 0 unspecified atom stereocenters. The Labute approximate surface area is 123 Å². The minimum Gasteiger partial charge on any atom is -0.465 e. The molecule has 4 nitrogen and oxygen atoms in total. The molecule has 1 aromatic heterocycles. The van der Waals surface area contributed by atoms with Gasteiger partial charge in [0.2, 0.25) is 0 Å². The van der Waals surface area contributed by atoms with Gasteiger partial charge in [-0.1, -0.05) is 0 Å². The summed E-state index contributed by atoms with van der Waals surface area (Å²) in [6, 6.07) is 3.16. The number of nitrogens with zero attached hydrogens (tertiary/aromatic N) is 2. The van der Waals surface area contributed by atoms with Gasteiger partial charge in [0, 0.05) is 0 Å². The highest BCUT2D eigenvalue weighted by molar-refractivity contribution is 6.16. The Kier molecular flexibility index (Phi) is 4.41. The van der Waals surface area contributed by atoms with Crippen molar-refractivity contribution in [3.8, 4) is 0 Å². The van der Waals surface area contributed by atoms with Crippen LogP contribution in [0.3, 0.4) is 0 Å². The molecule has 0 atom stereocenters. The van der Waals surface area contributed by atoms with E-state index in [1.807, 2.05) is 0 Å². The number of alkyl halides is 4. The fraction of sp³-hybridized carbons (Fsp3) is 0.385. The lowest BCUT2D eigenvalue weighted by Gasteiger charge is -2.08. The second-order valence-electron chi connectivity index (χ2n) is 4.25. The van der Waals surface area contributed by atoms with E-state index in [2.05, 4.69) is 4.98 Å². The van der Waals surface area contributed by atoms with Crippen molar-refractivity contribution in [2.45, 2.75) is 25.5 Å². The predicted octanol–water partition coefficient (Wildman–Crippen LogP) is 3.36. The van der Waals surface area contributed by atoms with Gasteiger partial charge in [0.15, 0.2) is 0 Å². The topological polar surface area (TPSA) is 44.1 Å². The molecule has 0 aliphatic carbocycles. The maximum Gasteiger partial charge on any atom is 0.416 e. The predicted molar refractivity (Wildman–Crippen MR) is 70.9 cm³/mol. The summed E-state index contributed by atoms with van der Waals surface area (Å²) < 4.78 is 44.3. The van der Waals surface area contributed by atoms with E-state index in [1.54, 1.807) is 6.92 Å². The monoisotopic (exact) mass is 320 g/mol. The molecule has 0 N–H and O–H groups in total. The molecule has 0 bridgehead atoms. The van der Waals surface area contributed by atoms with Crippen LogP contribution in [0.4, 0.5) is 13.2 Å². The first kappa shape index (κ1) is 15.6. The van der Waals surface area contributed by atoms with Gasteiger partial charge >= 0.3 is 12.1 Å². The summed E-state index contributed by atoms with van der Waals surface area (Å²) in [5.41, 5.74) is -0.242. The van der Waals surface area contributed by atoms with Crippen LogP contribution in [0.15, 0.2) is 18.2 Å². The maximum atomic E-state index is 12.7. The molecule has 0 amide bonds. The van der Waals surface area contributed by atoms with Crippen LogP contribution in [0.1, 0.15) is 18.3 Å². The van der Waals surface area contributed by atoms with E-state index in [9.17, 15) is 18.0 Å². The summed E-state index contributed by atoms with van der Waals surface area (Å²) >= 11 is 5.74. The third-order valence-electron chi connectivity index (χ3n) is 2.87. The van der Waals surface area contributed by atoms with Gasteiger partial charge in [-0.15, -0.1) is 11.6 Å². The first-order valence-electron chi connectivity index (χ1n) is 6.14. The van der Waals surface area contributed by atoms with E-state index < -0.39 is 17.7 Å². The highest BCUT2D eigenvalue weighted by Crippen LogP contribution is 2.31. The van der Waals surface area contributed by atoms with Gasteiger partial charge in [-0.25, -0.2) is 4.98 Å². The molecule has 21 heavy (non-hydrogen) atoms. The van der Waals surface area contributed by atoms with Crippen molar-refractivity contribution < 1.29 is 22.7 Å². The van der Waals surface area contributed by atoms with Crippen LogP contribution in [-0.4, -0.2) is 22.1 Å². The minimum atomic E-state index is -4.44. The quantitative estimate of drug-likeness (QED) is 0.641. The summed E-state index contributed by atoms with van der Waals surface area (Å²) in [5.74, 6) is -0.197. The van der Waals surface area contributed by atoms with Crippen molar-refractivity contribution >= 4 is 28.6 Å². The molecule has 0 radical (unpaired) electrons. The van der Waals surface area contributed by atoms with Gasteiger partial charge in [0.05, 0.1) is 29.1 Å². The molecular weight excluding hydrogens is 309 g/mol. The van der Waals surface area contributed by atoms with Crippen molar-refractivity contribution in [1.82, 2.24) is 9.55 Å². The Morgan fingerprint density at radius 2 is 2.14 bits per heavy atom. The van der Waals surface area contributed by atoms with E-state index >= 15 is 0 Å². The first-order chi connectivity index (χ1) is 9.86. The Hall–Kier alpha value is -1.76. The average Bonchev–Trinajstić information content (AvgIpc) is 2.75. The third-order valence-corrected chi connectivity index (χ3v) is 3.11. The molecule has 2 aromatic rings. The molecule has 0 aliphatic rings. The normalized spacial score (nSPS) is 11.9. The van der Waals surface area contributed by atoms with E-state index in [1.165, 1.54) is 10.6 Å². The molecule has 0 saturated heterocycles. The molecule has 0 aliphatic heterocycles. The molecule has 2 rings (SSSR count). The van der Waals surface area contributed by atoms with E-state index in [-0.39, 0.29) is 24.5 Å². The highest BCUT2D eigenvalue weighted by atomic mass is 35.5. The van der Waals surface area contributed by atoms with Gasteiger partial charge < -0.3 is 9.30 Å². The number of ether oxygens (including phenoxy) is 1. The maximum absolute atomic E-state index is 12.7. The van der Waals surface area contributed by atoms with Crippen molar-refractivity contribution in [2.75, 3.05) is 6.61 Å². The summed E-state index contributed by atoms with van der Waals surface area (Å²) in [4.78, 5) is 15.6. The van der Waals surface area contributed by atoms with Gasteiger partial charge in [0.25, 0.3) is 0 Å². The Morgan fingerprint density at radius 3 is 2.71 bits per heavy atom. The summed E-state index contributed by atoms with van der Waals surface area (Å²) in [6.07, 6.45) is -4.44. The van der Waals surface area contributed by atoms with Gasteiger partial charge in [-0.3, -0.25) is 4.79 Å². The van der Waals surface area contributed by atoms with Crippen molar-refractivity contribution in [1.29, 1.82) is 0 Å². The lowest BCUT2D eigenvalue weighted by molar-refractivity contribution is -0.143. The van der Waals surface area contributed by atoms with E-state index in [4.69, 9.17) is 16.3 Å². The van der Waals surface area contributed by atoms with Gasteiger partial charge in [-0.05, 0) is 25.1 Å². The minimum absolute atomic E-state index is 0.0184. The van der Waals surface area contributed by atoms with E-state index in [0.717, 1.165) is 12.1 Å². The first-order valence-corrected chi connectivity index (χ1v) is 6.68. The molecule has 0 spiro atoms. The number of fused-ring (bicyclic) bond motifs is 1. The van der Waals surface area contributed by atoms with Gasteiger partial charge in [0.1, 0.15) is 12.4 Å². The van der Waals surface area contributed by atoms with Crippen molar-refractivity contribution in [2.24, 2.45) is 0 Å². The number of rotatable bonds is 4. The summed E-state index contributed by atoms with van der Waals surface area (Å²) in [6.45, 7) is 1.75. The van der Waals surface area contributed by atoms with Crippen LogP contribution >= 0.6 is 11.6 Å². The SMILES string of the molecule is CCOC(=O)Cn1c(CCl)nc2cc(C(F)(F)F)ccc21. The Morgan fingerprint density at radius 1 is 1.43 bits per heavy atom. The van der Waals surface area contributed by atoms with Crippen LogP contribution in [-0.2, 0) is 28.1 Å². The fourth-order valence-electron chi connectivity index (χ4n) is 1.97. The molecule has 0 saturated carbocycles. The molecular formula is C13H12ClF3N2O2. The van der Waals surface area contributed by atoms with Crippen LogP contribution in [0, 0.1) is 0 Å². The van der Waals surface area contributed by atoms with Crippen LogP contribution in [0.25, 0.3) is 11.0 Å². The standard InChI is InChI=1S/C13H12ClF3N2O2/c1-2-21-12(20)7-19-10-4-3-8(13(15,16)17)5-9(10)18-11(19)6-14/h3-5H,2,6-7H2,1H3. The second-order valence-corrected chi connectivity index (χ2v) is 4.52. The molecule has 0 fully saturated rings. The number of aromatic nitrogens is 2. The zero-order valence-electron chi connectivity index (χ0n) is 11.1. The number of hydrogen-bond acceptors (Lipinski definition) is 3. The lowest BCUT2D eigenvalue weighted by atomic mass is 10.2. The number of carbonyl (C=O) groups is 1. The van der Waals surface area contributed by atoms with Gasteiger partial charge in [-0.2, -0.15) is 13.2 Å². The van der Waals surface area contributed by atoms with Crippen LogP contribution in [0.5, 0.6) is 0 Å². The fourth-order valence-corrected chi connectivity index (χ4v) is 2.17. The second kappa shape index (κ2) is 5.93. The lowest BCUT2D eigenvalue weighted by Crippen LogP contribution is -2.15. The van der Waals surface area contributed by atoms with Crippen molar-refractivity contribution in [3.05, 3.63) is 29.6 Å². The molecule has 8 heteroatoms. The molecule has 114 valence electrons. The number of halogens is 4. The largest absolute Gasteiger partial charge is 0.465 e. The van der Waals surface area contributed by atoms with Crippen LogP contribution in [0.2, 0.25) is 0 Å². The summed E-state index contributed by atoms with van der Waals surface area (Å²) in [5, 5.41) is 0. The average molecular weight is 321 g/mol. The highest BCUT2D eigenvalue weighted by Gasteiger charge is 2.31. The Bertz CT molecular complexity index is 667. The smallest absolute Gasteiger partial charge is 0.416 e.